The molecular formula is C18H28N2O4S. The van der Waals surface area contributed by atoms with Crippen molar-refractivity contribution in [3.8, 4) is 0 Å². The minimum atomic E-state index is -0.513. The number of carbonyl (C=O) groups is 3. The molecule has 0 saturated carbocycles. The van der Waals surface area contributed by atoms with E-state index in [-0.39, 0.29) is 24.0 Å². The van der Waals surface area contributed by atoms with Crippen molar-refractivity contribution < 1.29 is 19.1 Å². The van der Waals surface area contributed by atoms with Crippen LogP contribution >= 0.6 is 11.3 Å². The van der Waals surface area contributed by atoms with Crippen LogP contribution in [0.25, 0.3) is 0 Å². The largest absolute Gasteiger partial charge is 0.462 e. The molecular weight excluding hydrogens is 340 g/mol. The van der Waals surface area contributed by atoms with Crippen LogP contribution in [0.3, 0.4) is 0 Å². The standard InChI is InChI=1S/C18H28N2O4S/c1-6-10-11-13(21)19-16-14(18(23)24-9-4)12(5)15(25-16)17(22)20(7-2)8-3/h6-11H2,1-5H3,(H,19,21). The maximum Gasteiger partial charge on any atom is 0.341 e. The van der Waals surface area contributed by atoms with Crippen LogP contribution in [0.2, 0.25) is 0 Å². The summed E-state index contributed by atoms with van der Waals surface area (Å²) in [6.45, 7) is 10.7. The van der Waals surface area contributed by atoms with Crippen LogP contribution in [0, 0.1) is 6.92 Å². The van der Waals surface area contributed by atoms with E-state index in [0.717, 1.165) is 24.2 Å². The fourth-order valence-electron chi connectivity index (χ4n) is 2.44. The Bertz CT molecular complexity index is 621. The summed E-state index contributed by atoms with van der Waals surface area (Å²) in [5.74, 6) is -0.803. The van der Waals surface area contributed by atoms with Crippen molar-refractivity contribution in [1.29, 1.82) is 0 Å². The van der Waals surface area contributed by atoms with Crippen molar-refractivity contribution >= 4 is 34.1 Å². The first-order valence-corrected chi connectivity index (χ1v) is 9.62. The summed E-state index contributed by atoms with van der Waals surface area (Å²) in [4.78, 5) is 39.3. The zero-order chi connectivity index (χ0) is 19.0. The second kappa shape index (κ2) is 10.2. The first-order valence-electron chi connectivity index (χ1n) is 8.80. The van der Waals surface area contributed by atoms with Crippen LogP contribution in [0.4, 0.5) is 5.00 Å². The van der Waals surface area contributed by atoms with Gasteiger partial charge in [0.2, 0.25) is 5.91 Å². The highest BCUT2D eigenvalue weighted by molar-refractivity contribution is 7.18. The number of nitrogens with one attached hydrogen (secondary N) is 1. The molecule has 1 aromatic heterocycles. The van der Waals surface area contributed by atoms with Gasteiger partial charge in [0.1, 0.15) is 5.00 Å². The Hall–Kier alpha value is -1.89. The number of thiophene rings is 1. The number of esters is 1. The number of hydrogen-bond donors (Lipinski definition) is 1. The van der Waals surface area contributed by atoms with E-state index in [0.29, 0.717) is 35.0 Å². The van der Waals surface area contributed by atoms with Crippen molar-refractivity contribution in [1.82, 2.24) is 4.90 Å². The van der Waals surface area contributed by atoms with Crippen molar-refractivity contribution in [3.05, 3.63) is 16.0 Å². The second-order valence-electron chi connectivity index (χ2n) is 5.61. The molecule has 7 heteroatoms. The van der Waals surface area contributed by atoms with Crippen LogP contribution in [-0.2, 0) is 9.53 Å². The van der Waals surface area contributed by atoms with Gasteiger partial charge in [0.15, 0.2) is 0 Å². The lowest BCUT2D eigenvalue weighted by molar-refractivity contribution is -0.116. The fraction of sp³-hybridized carbons (Fsp3) is 0.611. The minimum Gasteiger partial charge on any atom is -0.462 e. The molecule has 0 atom stereocenters. The topological polar surface area (TPSA) is 75.7 Å². The molecule has 0 aliphatic carbocycles. The highest BCUT2D eigenvalue weighted by Gasteiger charge is 2.28. The molecule has 140 valence electrons. The van der Waals surface area contributed by atoms with Gasteiger partial charge < -0.3 is 15.0 Å². The number of rotatable bonds is 9. The van der Waals surface area contributed by atoms with E-state index in [1.54, 1.807) is 18.7 Å². The SMILES string of the molecule is CCCCC(=O)Nc1sc(C(=O)N(CC)CC)c(C)c1C(=O)OCC. The minimum absolute atomic E-state index is 0.132. The van der Waals surface area contributed by atoms with Crippen molar-refractivity contribution in [2.45, 2.75) is 53.9 Å². The predicted molar refractivity (Wildman–Crippen MR) is 100 cm³/mol. The van der Waals surface area contributed by atoms with Gasteiger partial charge in [-0.05, 0) is 39.7 Å². The lowest BCUT2D eigenvalue weighted by Gasteiger charge is -2.18. The second-order valence-corrected chi connectivity index (χ2v) is 6.63. The summed E-state index contributed by atoms with van der Waals surface area (Å²) in [5, 5.41) is 3.18. The zero-order valence-corrected chi connectivity index (χ0v) is 16.5. The number of unbranched alkanes of at least 4 members (excludes halogenated alkanes) is 1. The highest BCUT2D eigenvalue weighted by atomic mass is 32.1. The van der Waals surface area contributed by atoms with Crippen LogP contribution in [0.1, 0.15) is 72.6 Å². The van der Waals surface area contributed by atoms with E-state index in [2.05, 4.69) is 5.32 Å². The lowest BCUT2D eigenvalue weighted by Crippen LogP contribution is -2.30. The lowest BCUT2D eigenvalue weighted by atomic mass is 10.1. The average molecular weight is 368 g/mol. The zero-order valence-electron chi connectivity index (χ0n) is 15.7. The average Bonchev–Trinajstić information content (AvgIpc) is 2.90. The highest BCUT2D eigenvalue weighted by Crippen LogP contribution is 2.34. The van der Waals surface area contributed by atoms with Gasteiger partial charge in [-0.1, -0.05) is 13.3 Å². The number of nitrogens with zero attached hydrogens (tertiary/aromatic N) is 1. The smallest absolute Gasteiger partial charge is 0.341 e. The van der Waals surface area contributed by atoms with Gasteiger partial charge in [-0.3, -0.25) is 9.59 Å². The Kier molecular flexibility index (Phi) is 8.61. The van der Waals surface area contributed by atoms with Crippen molar-refractivity contribution in [2.24, 2.45) is 0 Å². The Morgan fingerprint density at radius 1 is 1.12 bits per heavy atom. The molecule has 0 aliphatic rings. The van der Waals surface area contributed by atoms with Gasteiger partial charge in [0.25, 0.3) is 5.91 Å². The third-order valence-electron chi connectivity index (χ3n) is 3.88. The van der Waals surface area contributed by atoms with E-state index >= 15 is 0 Å². The quantitative estimate of drug-likeness (QED) is 0.672. The van der Waals surface area contributed by atoms with Crippen LogP contribution in [0.15, 0.2) is 0 Å². The number of anilines is 1. The normalized spacial score (nSPS) is 10.4. The molecule has 0 saturated heterocycles. The Balaban J connectivity index is 3.24. The summed E-state index contributed by atoms with van der Waals surface area (Å²) in [6, 6.07) is 0. The molecule has 0 aliphatic heterocycles. The maximum atomic E-state index is 12.7. The predicted octanol–water partition coefficient (Wildman–Crippen LogP) is 3.84. The summed E-state index contributed by atoms with van der Waals surface area (Å²) in [5.41, 5.74) is 0.846. The van der Waals surface area contributed by atoms with Crippen LogP contribution in [-0.4, -0.2) is 42.4 Å². The fourth-order valence-corrected chi connectivity index (χ4v) is 3.61. The first kappa shape index (κ1) is 21.2. The number of hydrogen-bond acceptors (Lipinski definition) is 5. The summed E-state index contributed by atoms with van der Waals surface area (Å²) in [7, 11) is 0. The third kappa shape index (κ3) is 5.29. The Morgan fingerprint density at radius 2 is 1.76 bits per heavy atom. The molecule has 1 N–H and O–H groups in total. The van der Waals surface area contributed by atoms with E-state index in [9.17, 15) is 14.4 Å². The summed E-state index contributed by atoms with van der Waals surface area (Å²) >= 11 is 1.15. The molecule has 1 rings (SSSR count). The molecule has 0 unspecified atom stereocenters. The number of ether oxygens (including phenoxy) is 1. The van der Waals surface area contributed by atoms with Gasteiger partial charge in [-0.2, -0.15) is 0 Å². The molecule has 0 spiro atoms. The molecule has 2 amide bonds. The van der Waals surface area contributed by atoms with Crippen LogP contribution < -0.4 is 5.32 Å². The molecule has 0 radical (unpaired) electrons. The third-order valence-corrected chi connectivity index (χ3v) is 5.08. The molecule has 25 heavy (non-hydrogen) atoms. The summed E-state index contributed by atoms with van der Waals surface area (Å²) in [6.07, 6.45) is 2.07. The molecule has 1 heterocycles. The van der Waals surface area contributed by atoms with Gasteiger partial charge in [0, 0.05) is 19.5 Å². The van der Waals surface area contributed by atoms with E-state index < -0.39 is 5.97 Å². The first-order chi connectivity index (χ1) is 11.9. The van der Waals surface area contributed by atoms with Crippen LogP contribution in [0.5, 0.6) is 0 Å². The summed E-state index contributed by atoms with van der Waals surface area (Å²) < 4.78 is 5.11. The van der Waals surface area contributed by atoms with Crippen molar-refractivity contribution in [2.75, 3.05) is 25.0 Å². The molecule has 0 bridgehead atoms. The van der Waals surface area contributed by atoms with E-state index in [1.165, 1.54) is 0 Å². The van der Waals surface area contributed by atoms with Gasteiger partial charge in [0.05, 0.1) is 17.0 Å². The van der Waals surface area contributed by atoms with E-state index in [1.807, 2.05) is 20.8 Å². The molecule has 6 nitrogen and oxygen atoms in total. The monoisotopic (exact) mass is 368 g/mol. The molecule has 0 aromatic carbocycles. The van der Waals surface area contributed by atoms with E-state index in [4.69, 9.17) is 4.74 Å². The maximum absolute atomic E-state index is 12.7. The van der Waals surface area contributed by atoms with Gasteiger partial charge >= 0.3 is 5.97 Å². The number of carbonyl (C=O) groups excluding carboxylic acids is 3. The number of amides is 2. The Morgan fingerprint density at radius 3 is 2.28 bits per heavy atom. The Labute approximate surface area is 153 Å². The van der Waals surface area contributed by atoms with Gasteiger partial charge in [-0.15, -0.1) is 11.3 Å². The van der Waals surface area contributed by atoms with Gasteiger partial charge in [-0.25, -0.2) is 4.79 Å². The van der Waals surface area contributed by atoms with Crippen molar-refractivity contribution in [3.63, 3.8) is 0 Å². The molecule has 0 fully saturated rings. The molecule has 1 aromatic rings.